The molecular formula is C25H23N3O6S. The van der Waals surface area contributed by atoms with E-state index in [1.54, 1.807) is 29.2 Å². The topological polar surface area (TPSA) is 114 Å². The first-order chi connectivity index (χ1) is 16.9. The van der Waals surface area contributed by atoms with E-state index in [1.807, 2.05) is 24.3 Å². The highest BCUT2D eigenvalue weighted by Gasteiger charge is 2.22. The Bertz CT molecular complexity index is 1390. The van der Waals surface area contributed by atoms with E-state index in [-0.39, 0.29) is 29.7 Å². The van der Waals surface area contributed by atoms with E-state index < -0.39 is 15.9 Å². The van der Waals surface area contributed by atoms with Crippen LogP contribution in [0.2, 0.25) is 0 Å². The summed E-state index contributed by atoms with van der Waals surface area (Å²) in [4.78, 5) is 26.3. The molecule has 0 saturated carbocycles. The molecule has 35 heavy (non-hydrogen) atoms. The molecule has 1 fully saturated rings. The van der Waals surface area contributed by atoms with Crippen molar-refractivity contribution in [3.05, 3.63) is 77.9 Å². The van der Waals surface area contributed by atoms with Gasteiger partial charge in [0.2, 0.25) is 12.7 Å². The Morgan fingerprint density at radius 2 is 1.77 bits per heavy atom. The number of benzene rings is 3. The average Bonchev–Trinajstić information content (AvgIpc) is 3.51. The first-order valence-corrected chi connectivity index (χ1v) is 12.6. The van der Waals surface area contributed by atoms with E-state index in [4.69, 9.17) is 9.47 Å². The minimum atomic E-state index is -3.93. The van der Waals surface area contributed by atoms with Gasteiger partial charge in [0.05, 0.1) is 10.6 Å². The molecule has 2 heterocycles. The molecule has 0 spiro atoms. The third kappa shape index (κ3) is 4.92. The summed E-state index contributed by atoms with van der Waals surface area (Å²) in [6, 6.07) is 18.0. The zero-order valence-electron chi connectivity index (χ0n) is 18.7. The molecule has 3 aromatic rings. The smallest absolute Gasteiger partial charge is 0.261 e. The van der Waals surface area contributed by atoms with E-state index in [1.165, 1.54) is 18.2 Å². The Labute approximate surface area is 202 Å². The van der Waals surface area contributed by atoms with Crippen molar-refractivity contribution in [1.82, 2.24) is 5.32 Å². The number of fused-ring (bicyclic) bond motifs is 1. The van der Waals surface area contributed by atoms with Crippen LogP contribution in [-0.2, 0) is 21.4 Å². The second kappa shape index (κ2) is 9.30. The fourth-order valence-corrected chi connectivity index (χ4v) is 5.07. The third-order valence-corrected chi connectivity index (χ3v) is 7.18. The van der Waals surface area contributed by atoms with Crippen LogP contribution in [0.4, 0.5) is 11.4 Å². The monoisotopic (exact) mass is 493 g/mol. The quantitative estimate of drug-likeness (QED) is 0.522. The van der Waals surface area contributed by atoms with Crippen molar-refractivity contribution in [2.75, 3.05) is 23.0 Å². The predicted octanol–water partition coefficient (Wildman–Crippen LogP) is 3.27. The summed E-state index contributed by atoms with van der Waals surface area (Å²) in [6.07, 6.45) is 1.43. The number of carbonyl (C=O) groups is 2. The lowest BCUT2D eigenvalue weighted by molar-refractivity contribution is -0.117. The minimum Gasteiger partial charge on any atom is -0.454 e. The highest BCUT2D eigenvalue weighted by atomic mass is 32.2. The van der Waals surface area contributed by atoms with Crippen LogP contribution in [0.5, 0.6) is 11.5 Å². The van der Waals surface area contributed by atoms with Crippen molar-refractivity contribution in [3.8, 4) is 11.5 Å². The number of anilines is 2. The summed E-state index contributed by atoms with van der Waals surface area (Å²) in [6.45, 7) is 1.07. The van der Waals surface area contributed by atoms with Crippen LogP contribution in [-0.4, -0.2) is 33.6 Å². The van der Waals surface area contributed by atoms with Crippen LogP contribution in [0.3, 0.4) is 0 Å². The van der Waals surface area contributed by atoms with Gasteiger partial charge in [-0.15, -0.1) is 0 Å². The number of rotatable bonds is 7. The zero-order chi connectivity index (χ0) is 24.4. The van der Waals surface area contributed by atoms with Gasteiger partial charge >= 0.3 is 0 Å². The summed E-state index contributed by atoms with van der Waals surface area (Å²) >= 11 is 0. The molecular weight excluding hydrogens is 470 g/mol. The number of carbonyl (C=O) groups excluding carboxylic acids is 2. The standard InChI is InChI=1S/C25H23N3O6S/c29-24-5-2-12-28(24)20-9-6-17(7-10-20)15-26-25(30)18-3-1-4-21(13-18)35(31,32)27-19-8-11-22-23(14-19)34-16-33-22/h1,3-4,6-11,13-14,27H,2,5,12,15-16H2,(H,26,30). The molecule has 0 unspecified atom stereocenters. The van der Waals surface area contributed by atoms with Gasteiger partial charge in [0.15, 0.2) is 11.5 Å². The van der Waals surface area contributed by atoms with Crippen molar-refractivity contribution in [1.29, 1.82) is 0 Å². The van der Waals surface area contributed by atoms with Crippen molar-refractivity contribution < 1.29 is 27.5 Å². The lowest BCUT2D eigenvalue weighted by atomic mass is 10.1. The van der Waals surface area contributed by atoms with Crippen molar-refractivity contribution in [2.24, 2.45) is 0 Å². The number of hydrogen-bond acceptors (Lipinski definition) is 6. The molecule has 2 amide bonds. The molecule has 180 valence electrons. The van der Waals surface area contributed by atoms with Gasteiger partial charge in [0, 0.05) is 36.8 Å². The Morgan fingerprint density at radius 1 is 0.971 bits per heavy atom. The highest BCUT2D eigenvalue weighted by molar-refractivity contribution is 7.92. The Balaban J connectivity index is 1.23. The van der Waals surface area contributed by atoms with Gasteiger partial charge in [0.25, 0.3) is 15.9 Å². The van der Waals surface area contributed by atoms with E-state index >= 15 is 0 Å². The van der Waals surface area contributed by atoms with Crippen molar-refractivity contribution in [2.45, 2.75) is 24.3 Å². The highest BCUT2D eigenvalue weighted by Crippen LogP contribution is 2.34. The van der Waals surface area contributed by atoms with Gasteiger partial charge < -0.3 is 19.7 Å². The summed E-state index contributed by atoms with van der Waals surface area (Å²) in [7, 11) is -3.93. The normalized spacial score (nSPS) is 14.7. The summed E-state index contributed by atoms with van der Waals surface area (Å²) in [5.74, 6) is 0.724. The summed E-state index contributed by atoms with van der Waals surface area (Å²) < 4.78 is 38.8. The molecule has 0 aromatic heterocycles. The van der Waals surface area contributed by atoms with E-state index in [2.05, 4.69) is 10.0 Å². The molecule has 0 radical (unpaired) electrons. The lowest BCUT2D eigenvalue weighted by Gasteiger charge is -2.16. The van der Waals surface area contributed by atoms with Crippen LogP contribution < -0.4 is 24.4 Å². The van der Waals surface area contributed by atoms with Gasteiger partial charge in [-0.2, -0.15) is 0 Å². The minimum absolute atomic E-state index is 0.0394. The largest absolute Gasteiger partial charge is 0.454 e. The second-order valence-electron chi connectivity index (χ2n) is 8.20. The van der Waals surface area contributed by atoms with E-state index in [0.29, 0.717) is 23.6 Å². The Morgan fingerprint density at radius 3 is 2.54 bits per heavy atom. The fraction of sp³-hybridized carbons (Fsp3) is 0.200. The summed E-state index contributed by atoms with van der Waals surface area (Å²) in [5.41, 5.74) is 2.25. The molecule has 0 aliphatic carbocycles. The fourth-order valence-electron chi connectivity index (χ4n) is 3.98. The maximum Gasteiger partial charge on any atom is 0.261 e. The molecule has 9 nitrogen and oxygen atoms in total. The molecule has 1 saturated heterocycles. The van der Waals surface area contributed by atoms with Gasteiger partial charge in [-0.3, -0.25) is 14.3 Å². The van der Waals surface area contributed by atoms with Crippen molar-refractivity contribution in [3.63, 3.8) is 0 Å². The van der Waals surface area contributed by atoms with Crippen LogP contribution in [0.25, 0.3) is 0 Å². The van der Waals surface area contributed by atoms with Gasteiger partial charge in [-0.25, -0.2) is 8.42 Å². The van der Waals surface area contributed by atoms with Crippen LogP contribution >= 0.6 is 0 Å². The molecule has 0 atom stereocenters. The van der Waals surface area contributed by atoms with Gasteiger partial charge in [-0.05, 0) is 54.4 Å². The maximum absolute atomic E-state index is 12.9. The molecule has 2 aliphatic heterocycles. The Kier molecular flexibility index (Phi) is 6.04. The number of amides is 2. The van der Waals surface area contributed by atoms with E-state index in [0.717, 1.165) is 24.2 Å². The van der Waals surface area contributed by atoms with Crippen molar-refractivity contribution >= 4 is 33.2 Å². The molecule has 2 N–H and O–H groups in total. The van der Waals surface area contributed by atoms with Gasteiger partial charge in [0.1, 0.15) is 0 Å². The average molecular weight is 494 g/mol. The predicted molar refractivity (Wildman–Crippen MR) is 129 cm³/mol. The molecule has 2 aliphatic rings. The molecule has 10 heteroatoms. The number of hydrogen-bond donors (Lipinski definition) is 2. The van der Waals surface area contributed by atoms with Gasteiger partial charge in [-0.1, -0.05) is 18.2 Å². The number of sulfonamides is 1. The molecule has 3 aromatic carbocycles. The lowest BCUT2D eigenvalue weighted by Crippen LogP contribution is -2.24. The zero-order valence-corrected chi connectivity index (χ0v) is 19.5. The third-order valence-electron chi connectivity index (χ3n) is 5.81. The van der Waals surface area contributed by atoms with Crippen LogP contribution in [0.1, 0.15) is 28.8 Å². The first kappa shape index (κ1) is 22.7. The number of ether oxygens (including phenoxy) is 2. The number of nitrogens with one attached hydrogen (secondary N) is 2. The first-order valence-electron chi connectivity index (χ1n) is 11.1. The van der Waals surface area contributed by atoms with Crippen LogP contribution in [0.15, 0.2) is 71.6 Å². The maximum atomic E-state index is 12.9. The Hall–Kier alpha value is -4.05. The second-order valence-corrected chi connectivity index (χ2v) is 9.88. The van der Waals surface area contributed by atoms with Crippen LogP contribution in [0, 0.1) is 0 Å². The molecule has 0 bridgehead atoms. The van der Waals surface area contributed by atoms with E-state index in [9.17, 15) is 18.0 Å². The number of nitrogens with zero attached hydrogens (tertiary/aromatic N) is 1. The summed E-state index contributed by atoms with van der Waals surface area (Å²) in [5, 5.41) is 2.80. The SMILES string of the molecule is O=C(NCc1ccc(N2CCCC2=O)cc1)c1cccc(S(=O)(=O)Nc2ccc3c(c2)OCO3)c1. The molecule has 5 rings (SSSR count).